The number of thiocarbonyl (C=S) groups is 1. The molecule has 4 rings (SSSR count). The van der Waals surface area contributed by atoms with E-state index in [9.17, 15) is 18.0 Å². The largest absolute Gasteiger partial charge is 0.416 e. The third kappa shape index (κ3) is 4.84. The molecule has 0 saturated carbocycles. The fourth-order valence-electron chi connectivity index (χ4n) is 3.64. The molecule has 3 aromatic rings. The van der Waals surface area contributed by atoms with Crippen molar-refractivity contribution in [2.24, 2.45) is 0 Å². The maximum absolute atomic E-state index is 13.3. The van der Waals surface area contributed by atoms with Gasteiger partial charge in [0.15, 0.2) is 5.11 Å². The zero-order valence-electron chi connectivity index (χ0n) is 16.9. The Hall–Kier alpha value is -3.17. The van der Waals surface area contributed by atoms with E-state index in [1.807, 2.05) is 35.2 Å². The van der Waals surface area contributed by atoms with Crippen molar-refractivity contribution in [3.63, 3.8) is 0 Å². The van der Waals surface area contributed by atoms with Crippen LogP contribution >= 0.6 is 12.2 Å². The van der Waals surface area contributed by atoms with Crippen LogP contribution in [0.15, 0.2) is 60.7 Å². The van der Waals surface area contributed by atoms with E-state index in [-0.39, 0.29) is 10.8 Å². The summed E-state index contributed by atoms with van der Waals surface area (Å²) in [6.07, 6.45) is -4.51. The minimum Gasteiger partial charge on any atom is -0.378 e. The summed E-state index contributed by atoms with van der Waals surface area (Å²) in [5.74, 6) is -0.445. The number of carbonyl (C=O) groups is 1. The standard InChI is InChI=1S/C23H20F3N3O2S/c24-23(25,26)16-8-9-20(29-10-12-31-13-11-29)19(14-16)27-22(32)28-21(30)18-7-3-5-15-4-1-2-6-17(15)18/h1-9,14H,10-13H2,(H2,27,28,30,32). The van der Waals surface area contributed by atoms with E-state index in [1.54, 1.807) is 12.1 Å². The molecule has 0 unspecified atom stereocenters. The van der Waals surface area contributed by atoms with Crippen LogP contribution in [0.3, 0.4) is 0 Å². The van der Waals surface area contributed by atoms with Crippen LogP contribution in [0.1, 0.15) is 15.9 Å². The molecule has 0 spiro atoms. The number of benzene rings is 3. The molecule has 1 fully saturated rings. The topological polar surface area (TPSA) is 53.6 Å². The second-order valence-corrected chi connectivity index (χ2v) is 7.67. The molecule has 32 heavy (non-hydrogen) atoms. The lowest BCUT2D eigenvalue weighted by Gasteiger charge is -2.31. The number of hydrogen-bond donors (Lipinski definition) is 2. The summed E-state index contributed by atoms with van der Waals surface area (Å²) in [4.78, 5) is 14.7. The summed E-state index contributed by atoms with van der Waals surface area (Å²) in [5.41, 5.74) is 0.345. The number of rotatable bonds is 3. The van der Waals surface area contributed by atoms with Crippen molar-refractivity contribution in [1.29, 1.82) is 0 Å². The van der Waals surface area contributed by atoms with Gasteiger partial charge in [0.25, 0.3) is 5.91 Å². The molecular weight excluding hydrogens is 439 g/mol. The van der Waals surface area contributed by atoms with Crippen LogP contribution in [-0.2, 0) is 10.9 Å². The average Bonchev–Trinajstić information content (AvgIpc) is 2.78. The number of anilines is 2. The number of alkyl halides is 3. The number of halogens is 3. The molecule has 3 aromatic carbocycles. The molecule has 0 bridgehead atoms. The van der Waals surface area contributed by atoms with E-state index in [4.69, 9.17) is 17.0 Å². The van der Waals surface area contributed by atoms with Gasteiger partial charge in [-0.25, -0.2) is 0 Å². The van der Waals surface area contributed by atoms with Crippen molar-refractivity contribution < 1.29 is 22.7 Å². The first-order chi connectivity index (χ1) is 15.3. The van der Waals surface area contributed by atoms with Crippen LogP contribution < -0.4 is 15.5 Å². The van der Waals surface area contributed by atoms with Gasteiger partial charge in [-0.1, -0.05) is 36.4 Å². The van der Waals surface area contributed by atoms with Crippen molar-refractivity contribution in [2.75, 3.05) is 36.5 Å². The van der Waals surface area contributed by atoms with E-state index >= 15 is 0 Å². The zero-order valence-corrected chi connectivity index (χ0v) is 17.7. The highest BCUT2D eigenvalue weighted by atomic mass is 32.1. The van der Waals surface area contributed by atoms with Crippen LogP contribution in [0.5, 0.6) is 0 Å². The molecular formula is C23H20F3N3O2S. The molecule has 1 aliphatic rings. The van der Waals surface area contributed by atoms with E-state index in [1.165, 1.54) is 6.07 Å². The van der Waals surface area contributed by atoms with Crippen LogP contribution in [0.2, 0.25) is 0 Å². The van der Waals surface area contributed by atoms with Crippen molar-refractivity contribution in [3.05, 3.63) is 71.8 Å². The van der Waals surface area contributed by atoms with Gasteiger partial charge >= 0.3 is 6.18 Å². The number of ether oxygens (including phenoxy) is 1. The minimum atomic E-state index is -4.51. The Labute approximate surface area is 188 Å². The lowest BCUT2D eigenvalue weighted by atomic mass is 10.0. The third-order valence-electron chi connectivity index (χ3n) is 5.19. The Balaban J connectivity index is 1.58. The lowest BCUT2D eigenvalue weighted by molar-refractivity contribution is -0.137. The van der Waals surface area contributed by atoms with Gasteiger partial charge in [-0.2, -0.15) is 13.2 Å². The van der Waals surface area contributed by atoms with Crippen molar-refractivity contribution >= 4 is 45.4 Å². The number of morpholine rings is 1. The normalized spacial score (nSPS) is 14.3. The predicted octanol–water partition coefficient (Wildman–Crippen LogP) is 4.82. The van der Waals surface area contributed by atoms with Crippen LogP contribution in [0, 0.1) is 0 Å². The molecule has 1 aliphatic heterocycles. The number of fused-ring (bicyclic) bond motifs is 1. The average molecular weight is 459 g/mol. The Bertz CT molecular complexity index is 1160. The second-order valence-electron chi connectivity index (χ2n) is 7.26. The highest BCUT2D eigenvalue weighted by Gasteiger charge is 2.32. The van der Waals surface area contributed by atoms with E-state index in [2.05, 4.69) is 10.6 Å². The number of nitrogens with zero attached hydrogens (tertiary/aromatic N) is 1. The SMILES string of the molecule is O=C(NC(=S)Nc1cc(C(F)(F)F)ccc1N1CCOCC1)c1cccc2ccccc12. The molecule has 0 aliphatic carbocycles. The molecule has 1 amide bonds. The van der Waals surface area contributed by atoms with E-state index in [0.717, 1.165) is 22.9 Å². The zero-order chi connectivity index (χ0) is 22.7. The van der Waals surface area contributed by atoms with Crippen LogP contribution in [0.4, 0.5) is 24.5 Å². The smallest absolute Gasteiger partial charge is 0.378 e. The van der Waals surface area contributed by atoms with Crippen molar-refractivity contribution in [2.45, 2.75) is 6.18 Å². The number of hydrogen-bond acceptors (Lipinski definition) is 4. The summed E-state index contributed by atoms with van der Waals surface area (Å²) in [6, 6.07) is 16.2. The van der Waals surface area contributed by atoms with Crippen LogP contribution in [-0.4, -0.2) is 37.3 Å². The molecule has 9 heteroatoms. The lowest BCUT2D eigenvalue weighted by Crippen LogP contribution is -2.38. The molecule has 166 valence electrons. The summed E-state index contributed by atoms with van der Waals surface area (Å²) in [7, 11) is 0. The van der Waals surface area contributed by atoms with E-state index in [0.29, 0.717) is 37.6 Å². The number of amides is 1. The molecule has 5 nitrogen and oxygen atoms in total. The molecule has 2 N–H and O–H groups in total. The number of nitrogens with one attached hydrogen (secondary N) is 2. The first-order valence-corrected chi connectivity index (χ1v) is 10.4. The highest BCUT2D eigenvalue weighted by molar-refractivity contribution is 7.80. The van der Waals surface area contributed by atoms with Crippen LogP contribution in [0.25, 0.3) is 10.8 Å². The monoisotopic (exact) mass is 459 g/mol. The summed E-state index contributed by atoms with van der Waals surface area (Å²) < 4.78 is 45.2. The fraction of sp³-hybridized carbons (Fsp3) is 0.217. The molecule has 0 atom stereocenters. The summed E-state index contributed by atoms with van der Waals surface area (Å²) in [6.45, 7) is 2.02. The van der Waals surface area contributed by atoms with Gasteiger partial charge in [0.05, 0.1) is 30.2 Å². The first-order valence-electron chi connectivity index (χ1n) is 9.97. The van der Waals surface area contributed by atoms with Gasteiger partial charge < -0.3 is 15.0 Å². The molecule has 0 radical (unpaired) electrons. The molecule has 1 heterocycles. The minimum absolute atomic E-state index is 0.0863. The maximum Gasteiger partial charge on any atom is 0.416 e. The van der Waals surface area contributed by atoms with Gasteiger partial charge in [-0.3, -0.25) is 10.1 Å². The fourth-order valence-corrected chi connectivity index (χ4v) is 3.84. The molecule has 0 aromatic heterocycles. The predicted molar refractivity (Wildman–Crippen MR) is 122 cm³/mol. The van der Waals surface area contributed by atoms with Gasteiger partial charge in [0.2, 0.25) is 0 Å². The Morgan fingerprint density at radius 1 is 1.00 bits per heavy atom. The van der Waals surface area contributed by atoms with E-state index < -0.39 is 17.6 Å². The van der Waals surface area contributed by atoms with Gasteiger partial charge in [0, 0.05) is 18.7 Å². The summed E-state index contributed by atoms with van der Waals surface area (Å²) in [5, 5.41) is 6.93. The highest BCUT2D eigenvalue weighted by Crippen LogP contribution is 2.35. The Kier molecular flexibility index (Phi) is 6.29. The first kappa shape index (κ1) is 22.0. The van der Waals surface area contributed by atoms with Gasteiger partial charge in [0.1, 0.15) is 0 Å². The van der Waals surface area contributed by atoms with Crippen molar-refractivity contribution in [1.82, 2.24) is 5.32 Å². The molecule has 1 saturated heterocycles. The maximum atomic E-state index is 13.3. The quantitative estimate of drug-likeness (QED) is 0.550. The van der Waals surface area contributed by atoms with Gasteiger partial charge in [-0.15, -0.1) is 0 Å². The number of carbonyl (C=O) groups excluding carboxylic acids is 1. The third-order valence-corrected chi connectivity index (χ3v) is 5.39. The Morgan fingerprint density at radius 2 is 1.72 bits per heavy atom. The van der Waals surface area contributed by atoms with Gasteiger partial charge in [-0.05, 0) is 47.3 Å². The second kappa shape index (κ2) is 9.13. The summed E-state index contributed by atoms with van der Waals surface area (Å²) >= 11 is 5.27. The van der Waals surface area contributed by atoms with Crippen molar-refractivity contribution in [3.8, 4) is 0 Å². The Morgan fingerprint density at radius 3 is 2.47 bits per heavy atom.